The van der Waals surface area contributed by atoms with Crippen LogP contribution in [0.1, 0.15) is 18.4 Å². The first-order chi connectivity index (χ1) is 15.4. The fourth-order valence-corrected chi connectivity index (χ4v) is 4.76. The Balaban J connectivity index is 1.39. The summed E-state index contributed by atoms with van der Waals surface area (Å²) in [6.07, 6.45) is 0.950. The zero-order valence-corrected chi connectivity index (χ0v) is 19.4. The molecule has 2 aromatic rings. The predicted octanol–water partition coefficient (Wildman–Crippen LogP) is 2.11. The Morgan fingerprint density at radius 3 is 2.22 bits per heavy atom. The number of hydrogen-bond donors (Lipinski definition) is 1. The van der Waals surface area contributed by atoms with E-state index in [9.17, 15) is 13.2 Å². The maximum absolute atomic E-state index is 12.8. The Morgan fingerprint density at radius 1 is 0.969 bits per heavy atom. The number of benzene rings is 2. The van der Waals surface area contributed by atoms with Gasteiger partial charge >= 0.3 is 0 Å². The quantitative estimate of drug-likeness (QED) is 0.545. The van der Waals surface area contributed by atoms with Crippen LogP contribution in [0.15, 0.2) is 53.4 Å². The molecule has 3 rings (SSSR count). The summed E-state index contributed by atoms with van der Waals surface area (Å²) in [5.74, 6) is 1.43. The van der Waals surface area contributed by atoms with E-state index >= 15 is 0 Å². The number of methoxy groups -OCH3 is 1. The lowest BCUT2D eigenvalue weighted by Gasteiger charge is -2.31. The fraction of sp³-hybridized carbons (Fsp3) is 0.435. The lowest BCUT2D eigenvalue weighted by atomic mass is 10.2. The van der Waals surface area contributed by atoms with Crippen LogP contribution >= 0.6 is 0 Å². The first kappa shape index (κ1) is 24.0. The number of sulfonamides is 1. The highest BCUT2D eigenvalue weighted by Gasteiger charge is 2.27. The largest absolute Gasteiger partial charge is 0.497 e. The van der Waals surface area contributed by atoms with Gasteiger partial charge in [0.2, 0.25) is 15.9 Å². The number of piperazine rings is 1. The van der Waals surface area contributed by atoms with Gasteiger partial charge in [0.05, 0.1) is 18.6 Å². The molecule has 8 nitrogen and oxygen atoms in total. The number of rotatable bonds is 10. The van der Waals surface area contributed by atoms with E-state index in [4.69, 9.17) is 9.47 Å². The van der Waals surface area contributed by atoms with E-state index in [2.05, 4.69) is 10.2 Å². The highest BCUT2D eigenvalue weighted by molar-refractivity contribution is 7.89. The normalized spacial score (nSPS) is 15.3. The van der Waals surface area contributed by atoms with E-state index < -0.39 is 10.0 Å². The van der Waals surface area contributed by atoms with Crippen molar-refractivity contribution in [2.45, 2.75) is 24.3 Å². The highest BCUT2D eigenvalue weighted by atomic mass is 32.2. The molecule has 174 valence electrons. The molecule has 0 spiro atoms. The number of hydrogen-bond acceptors (Lipinski definition) is 6. The van der Waals surface area contributed by atoms with Crippen molar-refractivity contribution in [2.75, 3.05) is 46.9 Å². The lowest BCUT2D eigenvalue weighted by Crippen LogP contribution is -2.47. The van der Waals surface area contributed by atoms with Gasteiger partial charge in [-0.2, -0.15) is 4.31 Å². The van der Waals surface area contributed by atoms with Crippen molar-refractivity contribution in [1.29, 1.82) is 0 Å². The van der Waals surface area contributed by atoms with Gasteiger partial charge in [-0.25, -0.2) is 8.42 Å². The molecule has 2 aromatic carbocycles. The van der Waals surface area contributed by atoms with E-state index in [0.717, 1.165) is 30.2 Å². The van der Waals surface area contributed by atoms with Gasteiger partial charge in [0, 0.05) is 39.1 Å². The average Bonchev–Trinajstić information content (AvgIpc) is 2.81. The Labute approximate surface area is 190 Å². The zero-order chi connectivity index (χ0) is 23.0. The Morgan fingerprint density at radius 2 is 1.59 bits per heavy atom. The summed E-state index contributed by atoms with van der Waals surface area (Å²) in [4.78, 5) is 14.5. The van der Waals surface area contributed by atoms with E-state index in [1.165, 1.54) is 4.31 Å². The van der Waals surface area contributed by atoms with Gasteiger partial charge in [0.1, 0.15) is 11.5 Å². The number of nitrogens with one attached hydrogen (secondary N) is 1. The topological polar surface area (TPSA) is 88.2 Å². The molecule has 0 aliphatic carbocycles. The summed E-state index contributed by atoms with van der Waals surface area (Å²) < 4.78 is 37.8. The summed E-state index contributed by atoms with van der Waals surface area (Å²) in [7, 11) is 0.121. The van der Waals surface area contributed by atoms with Crippen LogP contribution in [0.4, 0.5) is 0 Å². The van der Waals surface area contributed by atoms with Crippen molar-refractivity contribution in [3.8, 4) is 11.5 Å². The molecule has 1 amide bonds. The number of amides is 1. The number of carbonyl (C=O) groups excluding carboxylic acids is 1. The van der Waals surface area contributed by atoms with Gasteiger partial charge < -0.3 is 19.7 Å². The Kier molecular flexibility index (Phi) is 8.49. The summed E-state index contributed by atoms with van der Waals surface area (Å²) in [5, 5.41) is 2.86. The van der Waals surface area contributed by atoms with Crippen molar-refractivity contribution in [1.82, 2.24) is 14.5 Å². The smallest absolute Gasteiger partial charge is 0.243 e. The van der Waals surface area contributed by atoms with Crippen LogP contribution in [0.2, 0.25) is 0 Å². The van der Waals surface area contributed by atoms with Crippen LogP contribution in [0.5, 0.6) is 11.5 Å². The van der Waals surface area contributed by atoms with Crippen LogP contribution in [0.3, 0.4) is 0 Å². The van der Waals surface area contributed by atoms with Gasteiger partial charge in [-0.05, 0) is 55.4 Å². The molecule has 0 atom stereocenters. The number of likely N-dealkylation sites (N-methyl/N-ethyl adjacent to an activating group) is 1. The molecular formula is C23H31N3O5S. The van der Waals surface area contributed by atoms with Crippen molar-refractivity contribution < 1.29 is 22.7 Å². The van der Waals surface area contributed by atoms with Crippen molar-refractivity contribution in [2.24, 2.45) is 0 Å². The summed E-state index contributed by atoms with van der Waals surface area (Å²) in [6, 6.07) is 14.0. The molecule has 1 aliphatic heterocycles. The van der Waals surface area contributed by atoms with E-state index in [1.807, 2.05) is 31.3 Å². The second kappa shape index (κ2) is 11.3. The molecular weight excluding hydrogens is 430 g/mol. The number of ether oxygens (including phenoxy) is 2. The molecule has 1 saturated heterocycles. The average molecular weight is 462 g/mol. The molecule has 32 heavy (non-hydrogen) atoms. The van der Waals surface area contributed by atoms with E-state index in [0.29, 0.717) is 39.1 Å². The van der Waals surface area contributed by atoms with Gasteiger partial charge in [-0.15, -0.1) is 0 Å². The molecule has 0 unspecified atom stereocenters. The van der Waals surface area contributed by atoms with Crippen LogP contribution in [0.25, 0.3) is 0 Å². The minimum Gasteiger partial charge on any atom is -0.497 e. The zero-order valence-electron chi connectivity index (χ0n) is 18.6. The van der Waals surface area contributed by atoms with Crippen LogP contribution in [0, 0.1) is 0 Å². The number of carbonyl (C=O) groups is 1. The maximum Gasteiger partial charge on any atom is 0.243 e. The van der Waals surface area contributed by atoms with E-state index in [-0.39, 0.29) is 10.8 Å². The second-order valence-corrected chi connectivity index (χ2v) is 9.69. The molecule has 0 bridgehead atoms. The van der Waals surface area contributed by atoms with Crippen molar-refractivity contribution in [3.63, 3.8) is 0 Å². The SMILES string of the molecule is COc1ccc(OCCCC(=O)NCc2ccc(S(=O)(=O)N3CCN(C)CC3)cc2)cc1. The third kappa shape index (κ3) is 6.69. The molecule has 1 aliphatic rings. The third-order valence-corrected chi connectivity index (χ3v) is 7.30. The maximum atomic E-state index is 12.8. The number of nitrogens with zero attached hydrogens (tertiary/aromatic N) is 2. The highest BCUT2D eigenvalue weighted by Crippen LogP contribution is 2.19. The van der Waals surface area contributed by atoms with Gasteiger partial charge in [-0.1, -0.05) is 12.1 Å². The van der Waals surface area contributed by atoms with Gasteiger partial charge in [0.15, 0.2) is 0 Å². The summed E-state index contributed by atoms with van der Waals surface area (Å²) >= 11 is 0. The van der Waals surface area contributed by atoms with Crippen LogP contribution in [-0.4, -0.2) is 70.5 Å². The van der Waals surface area contributed by atoms with E-state index in [1.54, 1.807) is 31.4 Å². The molecule has 0 saturated carbocycles. The van der Waals surface area contributed by atoms with Crippen LogP contribution in [-0.2, 0) is 21.4 Å². The Bertz CT molecular complexity index is 970. The minimum atomic E-state index is -3.48. The van der Waals surface area contributed by atoms with Gasteiger partial charge in [-0.3, -0.25) is 4.79 Å². The lowest BCUT2D eigenvalue weighted by molar-refractivity contribution is -0.121. The molecule has 0 aromatic heterocycles. The first-order valence-electron chi connectivity index (χ1n) is 10.7. The summed E-state index contributed by atoms with van der Waals surface area (Å²) in [6.45, 7) is 3.26. The molecule has 1 heterocycles. The molecule has 0 radical (unpaired) electrons. The predicted molar refractivity (Wildman–Crippen MR) is 122 cm³/mol. The first-order valence-corrected chi connectivity index (χ1v) is 12.1. The van der Waals surface area contributed by atoms with Crippen LogP contribution < -0.4 is 14.8 Å². The molecule has 9 heteroatoms. The standard InChI is InChI=1S/C23H31N3O5S/c1-25-13-15-26(16-14-25)32(28,29)22-11-5-19(6-12-22)18-24-23(27)4-3-17-31-21-9-7-20(30-2)8-10-21/h5-12H,3-4,13-18H2,1-2H3,(H,24,27). The second-order valence-electron chi connectivity index (χ2n) is 7.76. The molecule has 1 N–H and O–H groups in total. The fourth-order valence-electron chi connectivity index (χ4n) is 3.34. The van der Waals surface area contributed by atoms with Gasteiger partial charge in [0.25, 0.3) is 0 Å². The monoisotopic (exact) mass is 461 g/mol. The van der Waals surface area contributed by atoms with Crippen molar-refractivity contribution >= 4 is 15.9 Å². The molecule has 1 fully saturated rings. The summed E-state index contributed by atoms with van der Waals surface area (Å²) in [5.41, 5.74) is 0.852. The Hall–Kier alpha value is -2.62. The van der Waals surface area contributed by atoms with Crippen molar-refractivity contribution in [3.05, 3.63) is 54.1 Å². The minimum absolute atomic E-state index is 0.0718. The third-order valence-electron chi connectivity index (χ3n) is 5.39.